The van der Waals surface area contributed by atoms with Gasteiger partial charge in [0.05, 0.1) is 12.8 Å². The molecule has 3 unspecified atom stereocenters. The number of amides is 1. The second-order valence-electron chi connectivity index (χ2n) is 7.60. The number of rotatable bonds is 4. The standard InChI is InChI=1S/C18H26N2O3/c1-18(2,3)23-17(21)20-12-14-9-13(14)10-15(20)6-8-22-16-5-4-7-19-11-16/h4-5,7,11,13-15H,6,8-10,12H2,1-3H3. The monoisotopic (exact) mass is 318 g/mol. The summed E-state index contributed by atoms with van der Waals surface area (Å²) in [7, 11) is 0. The van der Waals surface area contributed by atoms with Crippen molar-refractivity contribution in [2.24, 2.45) is 11.8 Å². The van der Waals surface area contributed by atoms with E-state index in [1.807, 2.05) is 37.8 Å². The first-order valence-electron chi connectivity index (χ1n) is 8.45. The van der Waals surface area contributed by atoms with Crippen LogP contribution in [0.25, 0.3) is 0 Å². The lowest BCUT2D eigenvalue weighted by Gasteiger charge is -2.36. The zero-order valence-corrected chi connectivity index (χ0v) is 14.2. The van der Waals surface area contributed by atoms with Crippen LogP contribution in [0.3, 0.4) is 0 Å². The summed E-state index contributed by atoms with van der Waals surface area (Å²) in [6, 6.07) is 3.97. The predicted octanol–water partition coefficient (Wildman–Crippen LogP) is 3.50. The molecule has 1 aromatic rings. The quantitative estimate of drug-likeness (QED) is 0.852. The topological polar surface area (TPSA) is 51.7 Å². The van der Waals surface area contributed by atoms with Crippen LogP contribution in [0, 0.1) is 11.8 Å². The van der Waals surface area contributed by atoms with E-state index < -0.39 is 5.60 Å². The molecule has 1 amide bonds. The first-order chi connectivity index (χ1) is 10.9. The van der Waals surface area contributed by atoms with E-state index >= 15 is 0 Å². The van der Waals surface area contributed by atoms with Gasteiger partial charge in [0.2, 0.25) is 0 Å². The summed E-state index contributed by atoms with van der Waals surface area (Å²) in [5.41, 5.74) is -0.450. The molecule has 1 saturated carbocycles. The van der Waals surface area contributed by atoms with Crippen LogP contribution in [0.5, 0.6) is 5.75 Å². The number of carbonyl (C=O) groups is 1. The Morgan fingerprint density at radius 3 is 2.87 bits per heavy atom. The number of hydrogen-bond donors (Lipinski definition) is 0. The van der Waals surface area contributed by atoms with Crippen molar-refractivity contribution >= 4 is 6.09 Å². The summed E-state index contributed by atoms with van der Waals surface area (Å²) in [6.07, 6.45) is 6.40. The van der Waals surface area contributed by atoms with Crippen molar-refractivity contribution in [3.05, 3.63) is 24.5 Å². The smallest absolute Gasteiger partial charge is 0.410 e. The van der Waals surface area contributed by atoms with Crippen molar-refractivity contribution in [1.82, 2.24) is 9.88 Å². The number of ether oxygens (including phenoxy) is 2. The molecule has 1 aliphatic heterocycles. The van der Waals surface area contributed by atoms with Gasteiger partial charge in [0.25, 0.3) is 0 Å². The van der Waals surface area contributed by atoms with Gasteiger partial charge in [-0.1, -0.05) is 0 Å². The average Bonchev–Trinajstić information content (AvgIpc) is 3.24. The number of nitrogens with zero attached hydrogens (tertiary/aromatic N) is 2. The van der Waals surface area contributed by atoms with Gasteiger partial charge < -0.3 is 14.4 Å². The molecule has 0 radical (unpaired) electrons. The van der Waals surface area contributed by atoms with Crippen LogP contribution in [0.15, 0.2) is 24.5 Å². The maximum Gasteiger partial charge on any atom is 0.410 e. The van der Waals surface area contributed by atoms with Crippen molar-refractivity contribution in [2.75, 3.05) is 13.2 Å². The van der Waals surface area contributed by atoms with Crippen LogP contribution in [0.4, 0.5) is 4.79 Å². The van der Waals surface area contributed by atoms with Crippen LogP contribution in [0.1, 0.15) is 40.0 Å². The number of carbonyl (C=O) groups excluding carboxylic acids is 1. The molecular formula is C18H26N2O3. The molecule has 5 heteroatoms. The van der Waals surface area contributed by atoms with Crippen LogP contribution in [-0.2, 0) is 4.74 Å². The molecule has 0 bridgehead atoms. The normalized spacial score (nSPS) is 26.4. The van der Waals surface area contributed by atoms with E-state index in [1.54, 1.807) is 12.4 Å². The van der Waals surface area contributed by atoms with E-state index in [9.17, 15) is 4.79 Å². The maximum absolute atomic E-state index is 12.5. The Labute approximate surface area is 138 Å². The molecule has 3 atom stereocenters. The van der Waals surface area contributed by atoms with Crippen LogP contribution >= 0.6 is 0 Å². The summed E-state index contributed by atoms with van der Waals surface area (Å²) in [5.74, 6) is 2.24. The van der Waals surface area contributed by atoms with Crippen molar-refractivity contribution in [3.8, 4) is 5.75 Å². The minimum Gasteiger partial charge on any atom is -0.492 e. The predicted molar refractivity (Wildman–Crippen MR) is 87.3 cm³/mol. The number of aromatic nitrogens is 1. The summed E-state index contributed by atoms with van der Waals surface area (Å²) < 4.78 is 11.3. The first-order valence-corrected chi connectivity index (χ1v) is 8.45. The summed E-state index contributed by atoms with van der Waals surface area (Å²) >= 11 is 0. The molecule has 3 rings (SSSR count). The number of pyridine rings is 1. The van der Waals surface area contributed by atoms with Gasteiger partial charge in [0, 0.05) is 25.2 Å². The summed E-state index contributed by atoms with van der Waals surface area (Å²) in [6.45, 7) is 7.16. The van der Waals surface area contributed by atoms with Crippen molar-refractivity contribution in [3.63, 3.8) is 0 Å². The lowest BCUT2D eigenvalue weighted by molar-refractivity contribution is 0.00618. The highest BCUT2D eigenvalue weighted by molar-refractivity contribution is 5.69. The Hall–Kier alpha value is -1.78. The SMILES string of the molecule is CC(C)(C)OC(=O)N1CC2CC2CC1CCOc1cccnc1. The third-order valence-electron chi connectivity index (χ3n) is 4.50. The minimum atomic E-state index is -0.450. The molecule has 1 aliphatic carbocycles. The van der Waals surface area contributed by atoms with E-state index in [2.05, 4.69) is 4.98 Å². The molecule has 1 aromatic heterocycles. The summed E-state index contributed by atoms with van der Waals surface area (Å²) in [5, 5.41) is 0. The Morgan fingerprint density at radius 2 is 2.17 bits per heavy atom. The molecule has 5 nitrogen and oxygen atoms in total. The second-order valence-corrected chi connectivity index (χ2v) is 7.60. The second kappa shape index (κ2) is 6.38. The Balaban J connectivity index is 1.55. The Kier molecular flexibility index (Phi) is 4.46. The van der Waals surface area contributed by atoms with E-state index in [0.29, 0.717) is 12.5 Å². The minimum absolute atomic E-state index is 0.186. The van der Waals surface area contributed by atoms with E-state index in [4.69, 9.17) is 9.47 Å². The molecule has 0 spiro atoms. The summed E-state index contributed by atoms with van der Waals surface area (Å²) in [4.78, 5) is 18.4. The third-order valence-corrected chi connectivity index (χ3v) is 4.50. The highest BCUT2D eigenvalue weighted by atomic mass is 16.6. The molecule has 2 heterocycles. The van der Waals surface area contributed by atoms with E-state index in [1.165, 1.54) is 6.42 Å². The number of likely N-dealkylation sites (tertiary alicyclic amines) is 1. The van der Waals surface area contributed by atoms with Crippen molar-refractivity contribution in [1.29, 1.82) is 0 Å². The number of piperidine rings is 1. The highest BCUT2D eigenvalue weighted by Gasteiger charge is 2.47. The fourth-order valence-electron chi connectivity index (χ4n) is 3.26. The Morgan fingerprint density at radius 1 is 1.35 bits per heavy atom. The first kappa shape index (κ1) is 16.1. The fourth-order valence-corrected chi connectivity index (χ4v) is 3.26. The van der Waals surface area contributed by atoms with Gasteiger partial charge in [-0.2, -0.15) is 0 Å². The van der Waals surface area contributed by atoms with Crippen molar-refractivity contribution < 1.29 is 14.3 Å². The van der Waals surface area contributed by atoms with E-state index in [0.717, 1.165) is 31.1 Å². The highest BCUT2D eigenvalue weighted by Crippen LogP contribution is 2.47. The van der Waals surface area contributed by atoms with Gasteiger partial charge in [-0.25, -0.2) is 4.79 Å². The lowest BCUT2D eigenvalue weighted by atomic mass is 10.00. The van der Waals surface area contributed by atoms with Gasteiger partial charge in [-0.15, -0.1) is 0 Å². The van der Waals surface area contributed by atoms with Gasteiger partial charge in [0.1, 0.15) is 11.4 Å². The largest absolute Gasteiger partial charge is 0.492 e. The molecular weight excluding hydrogens is 292 g/mol. The molecule has 2 fully saturated rings. The lowest BCUT2D eigenvalue weighted by Crippen LogP contribution is -2.47. The Bertz CT molecular complexity index is 541. The molecule has 1 saturated heterocycles. The zero-order valence-electron chi connectivity index (χ0n) is 14.2. The van der Waals surface area contributed by atoms with Gasteiger partial charge in [-0.05, 0) is 57.6 Å². The van der Waals surface area contributed by atoms with E-state index in [-0.39, 0.29) is 12.1 Å². The maximum atomic E-state index is 12.5. The molecule has 0 N–H and O–H groups in total. The van der Waals surface area contributed by atoms with Crippen molar-refractivity contribution in [2.45, 2.75) is 51.7 Å². The molecule has 2 aliphatic rings. The van der Waals surface area contributed by atoms with Gasteiger partial charge >= 0.3 is 6.09 Å². The van der Waals surface area contributed by atoms with Gasteiger partial charge in [0.15, 0.2) is 0 Å². The number of fused-ring (bicyclic) bond motifs is 1. The van der Waals surface area contributed by atoms with Gasteiger partial charge in [-0.3, -0.25) is 4.98 Å². The van der Waals surface area contributed by atoms with Crippen LogP contribution < -0.4 is 4.74 Å². The fraction of sp³-hybridized carbons (Fsp3) is 0.667. The average molecular weight is 318 g/mol. The zero-order chi connectivity index (χ0) is 16.4. The number of hydrogen-bond acceptors (Lipinski definition) is 4. The molecule has 126 valence electrons. The molecule has 0 aromatic carbocycles. The third kappa shape index (κ3) is 4.36. The molecule has 23 heavy (non-hydrogen) atoms. The van der Waals surface area contributed by atoms with Crippen LogP contribution in [-0.4, -0.2) is 40.8 Å². The van der Waals surface area contributed by atoms with Crippen LogP contribution in [0.2, 0.25) is 0 Å².